The minimum Gasteiger partial charge on any atom is -0.396 e. The van der Waals surface area contributed by atoms with Gasteiger partial charge in [0, 0.05) is 5.02 Å². The van der Waals surface area contributed by atoms with Crippen LogP contribution < -0.4 is 5.73 Å². The van der Waals surface area contributed by atoms with E-state index in [4.69, 9.17) is 17.3 Å². The molecule has 3 rings (SSSR count). The average molecular weight is 356 g/mol. The summed E-state index contributed by atoms with van der Waals surface area (Å²) in [6, 6.07) is 10.4. The number of anilines is 1. The molecule has 0 fully saturated rings. The fourth-order valence-electron chi connectivity index (χ4n) is 2.32. The molecule has 24 heavy (non-hydrogen) atoms. The van der Waals surface area contributed by atoms with E-state index in [0.717, 1.165) is 12.3 Å². The van der Waals surface area contributed by atoms with Crippen LogP contribution in [0.15, 0.2) is 48.7 Å². The van der Waals surface area contributed by atoms with Gasteiger partial charge in [0.1, 0.15) is 11.5 Å². The molecule has 0 atom stereocenters. The fourth-order valence-corrected chi connectivity index (χ4v) is 2.45. The largest absolute Gasteiger partial charge is 0.435 e. The van der Waals surface area contributed by atoms with E-state index in [1.165, 1.54) is 12.1 Å². The molecule has 1 aromatic heterocycles. The van der Waals surface area contributed by atoms with Gasteiger partial charge in [0.2, 0.25) is 0 Å². The van der Waals surface area contributed by atoms with Crippen molar-refractivity contribution in [2.24, 2.45) is 0 Å². The van der Waals surface area contributed by atoms with E-state index in [9.17, 15) is 17.6 Å². The lowest BCUT2D eigenvalue weighted by molar-refractivity contribution is -0.142. The molecular formula is C16H10ClF4N3. The van der Waals surface area contributed by atoms with Crippen molar-refractivity contribution in [1.82, 2.24) is 9.78 Å². The Morgan fingerprint density at radius 3 is 2.25 bits per heavy atom. The number of benzene rings is 2. The second-order valence-corrected chi connectivity index (χ2v) is 5.47. The van der Waals surface area contributed by atoms with Crippen LogP contribution in [-0.2, 0) is 6.18 Å². The van der Waals surface area contributed by atoms with Crippen LogP contribution in [0.3, 0.4) is 0 Å². The monoisotopic (exact) mass is 355 g/mol. The molecule has 0 radical (unpaired) electrons. The lowest BCUT2D eigenvalue weighted by Gasteiger charge is -2.13. The van der Waals surface area contributed by atoms with Gasteiger partial charge in [0.15, 0.2) is 5.69 Å². The van der Waals surface area contributed by atoms with Gasteiger partial charge in [-0.05, 0) is 35.4 Å². The number of hydrogen-bond acceptors (Lipinski definition) is 2. The Morgan fingerprint density at radius 1 is 1.00 bits per heavy atom. The maximum Gasteiger partial charge on any atom is 0.435 e. The maximum atomic E-state index is 14.1. The van der Waals surface area contributed by atoms with Crippen LogP contribution in [0.5, 0.6) is 0 Å². The van der Waals surface area contributed by atoms with Crippen LogP contribution in [0.4, 0.5) is 23.2 Å². The molecule has 2 aromatic carbocycles. The molecule has 0 unspecified atom stereocenters. The summed E-state index contributed by atoms with van der Waals surface area (Å²) in [4.78, 5) is 0. The first-order valence-corrected chi connectivity index (χ1v) is 7.12. The van der Waals surface area contributed by atoms with Crippen LogP contribution in [0.1, 0.15) is 5.69 Å². The third-order valence-electron chi connectivity index (χ3n) is 3.42. The normalized spacial score (nSPS) is 11.7. The number of rotatable bonds is 2. The average Bonchev–Trinajstić information content (AvgIpc) is 2.90. The molecule has 124 valence electrons. The lowest BCUT2D eigenvalue weighted by atomic mass is 10.0. The second-order valence-electron chi connectivity index (χ2n) is 5.03. The summed E-state index contributed by atoms with van der Waals surface area (Å²) in [7, 11) is 0. The molecule has 8 heteroatoms. The van der Waals surface area contributed by atoms with Crippen LogP contribution >= 0.6 is 11.6 Å². The van der Waals surface area contributed by atoms with Gasteiger partial charge in [0.05, 0.1) is 11.9 Å². The van der Waals surface area contributed by atoms with Crippen molar-refractivity contribution >= 4 is 17.3 Å². The Balaban J connectivity index is 2.16. The Hall–Kier alpha value is -2.54. The number of nitrogens with zero attached hydrogens (tertiary/aromatic N) is 2. The summed E-state index contributed by atoms with van der Waals surface area (Å²) < 4.78 is 54.0. The van der Waals surface area contributed by atoms with Crippen LogP contribution in [0.2, 0.25) is 5.02 Å². The summed E-state index contributed by atoms with van der Waals surface area (Å²) in [5.74, 6) is -0.846. The van der Waals surface area contributed by atoms with Gasteiger partial charge in [-0.2, -0.15) is 18.3 Å². The predicted octanol–water partition coefficient (Wildman–Crippen LogP) is 4.93. The van der Waals surface area contributed by atoms with Gasteiger partial charge in [-0.15, -0.1) is 0 Å². The minimum absolute atomic E-state index is 0.341. The van der Waals surface area contributed by atoms with E-state index in [-0.39, 0.29) is 5.69 Å². The molecule has 0 bridgehead atoms. The van der Waals surface area contributed by atoms with Crippen molar-refractivity contribution in [3.8, 4) is 16.8 Å². The number of hydrogen-bond donors (Lipinski definition) is 1. The number of nitrogen functional groups attached to an aromatic ring is 1. The molecule has 0 amide bonds. The first kappa shape index (κ1) is 16.3. The minimum atomic E-state index is -4.76. The Kier molecular flexibility index (Phi) is 3.96. The van der Waals surface area contributed by atoms with Crippen molar-refractivity contribution in [1.29, 1.82) is 0 Å². The zero-order chi connectivity index (χ0) is 17.5. The van der Waals surface area contributed by atoms with Gasteiger partial charge in [0.25, 0.3) is 0 Å². The molecule has 3 nitrogen and oxygen atoms in total. The predicted molar refractivity (Wildman–Crippen MR) is 83.4 cm³/mol. The summed E-state index contributed by atoms with van der Waals surface area (Å²) in [6.45, 7) is 0. The Morgan fingerprint density at radius 2 is 1.62 bits per heavy atom. The first-order valence-electron chi connectivity index (χ1n) is 6.74. The number of halogens is 5. The molecule has 3 aromatic rings. The van der Waals surface area contributed by atoms with Crippen LogP contribution in [0.25, 0.3) is 16.8 Å². The van der Waals surface area contributed by atoms with Gasteiger partial charge < -0.3 is 5.73 Å². The van der Waals surface area contributed by atoms with E-state index in [1.807, 2.05) is 0 Å². The highest BCUT2D eigenvalue weighted by Crippen LogP contribution is 2.36. The third kappa shape index (κ3) is 2.94. The summed E-state index contributed by atoms with van der Waals surface area (Å²) in [5.41, 5.74) is 4.41. The lowest BCUT2D eigenvalue weighted by Crippen LogP contribution is -2.16. The summed E-state index contributed by atoms with van der Waals surface area (Å²) in [6.07, 6.45) is -3.92. The van der Waals surface area contributed by atoms with Gasteiger partial charge in [-0.1, -0.05) is 29.8 Å². The van der Waals surface area contributed by atoms with E-state index in [2.05, 4.69) is 5.10 Å². The zero-order valence-electron chi connectivity index (χ0n) is 12.0. The van der Waals surface area contributed by atoms with Crippen LogP contribution in [-0.4, -0.2) is 9.78 Å². The Labute approximate surface area is 139 Å². The van der Waals surface area contributed by atoms with Gasteiger partial charge in [-0.25, -0.2) is 9.07 Å². The highest BCUT2D eigenvalue weighted by molar-refractivity contribution is 6.30. The SMILES string of the molecule is Nc1cnn(-c2cc(-c3ccc(Cl)cc3)ccc2F)c1C(F)(F)F. The van der Waals surface area contributed by atoms with Gasteiger partial charge >= 0.3 is 6.18 Å². The van der Waals surface area contributed by atoms with E-state index >= 15 is 0 Å². The molecule has 0 aliphatic carbocycles. The fraction of sp³-hybridized carbons (Fsp3) is 0.0625. The van der Waals surface area contributed by atoms with Crippen molar-refractivity contribution in [3.63, 3.8) is 0 Å². The summed E-state index contributed by atoms with van der Waals surface area (Å²) >= 11 is 5.81. The molecule has 1 heterocycles. The molecule has 0 saturated heterocycles. The number of aromatic nitrogens is 2. The maximum absolute atomic E-state index is 14.1. The zero-order valence-corrected chi connectivity index (χ0v) is 12.7. The summed E-state index contributed by atoms with van der Waals surface area (Å²) in [5, 5.41) is 4.09. The standard InChI is InChI=1S/C16H10ClF4N3/c17-11-4-1-9(2-5-11)10-3-6-12(18)14(7-10)24-15(16(19,20)21)13(22)8-23-24/h1-8H,22H2. The van der Waals surface area contributed by atoms with Crippen molar-refractivity contribution < 1.29 is 17.6 Å². The smallest absolute Gasteiger partial charge is 0.396 e. The highest BCUT2D eigenvalue weighted by atomic mass is 35.5. The van der Waals surface area contributed by atoms with Gasteiger partial charge in [-0.3, -0.25) is 0 Å². The van der Waals surface area contributed by atoms with Crippen molar-refractivity contribution in [3.05, 3.63) is 65.2 Å². The van der Waals surface area contributed by atoms with Crippen molar-refractivity contribution in [2.45, 2.75) is 6.18 Å². The Bertz CT molecular complexity index is 885. The highest BCUT2D eigenvalue weighted by Gasteiger charge is 2.38. The van der Waals surface area contributed by atoms with E-state index < -0.39 is 23.4 Å². The molecule has 0 aliphatic heterocycles. The first-order chi connectivity index (χ1) is 11.3. The van der Waals surface area contributed by atoms with E-state index in [1.54, 1.807) is 24.3 Å². The number of alkyl halides is 3. The molecule has 0 aliphatic rings. The molecular weight excluding hydrogens is 346 g/mol. The van der Waals surface area contributed by atoms with Crippen LogP contribution in [0, 0.1) is 5.82 Å². The van der Waals surface area contributed by atoms with E-state index in [0.29, 0.717) is 20.8 Å². The topological polar surface area (TPSA) is 43.8 Å². The molecule has 0 saturated carbocycles. The van der Waals surface area contributed by atoms with Crippen molar-refractivity contribution in [2.75, 3.05) is 5.73 Å². The second kappa shape index (κ2) is 5.83. The molecule has 2 N–H and O–H groups in total. The quantitative estimate of drug-likeness (QED) is 0.662. The number of nitrogens with two attached hydrogens (primary N) is 1. The third-order valence-corrected chi connectivity index (χ3v) is 3.67. The molecule has 0 spiro atoms.